The lowest BCUT2D eigenvalue weighted by molar-refractivity contribution is 0.512. The van der Waals surface area contributed by atoms with Gasteiger partial charge in [0.05, 0.1) is 23.4 Å². The first kappa shape index (κ1) is 16.6. The van der Waals surface area contributed by atoms with E-state index in [1.165, 1.54) is 5.56 Å². The number of hydrogen-bond acceptors (Lipinski definition) is 2. The van der Waals surface area contributed by atoms with Crippen LogP contribution in [-0.2, 0) is 17.5 Å². The molecule has 4 rings (SSSR count). The zero-order chi connectivity index (χ0) is 17.9. The van der Waals surface area contributed by atoms with Crippen molar-refractivity contribution in [2.75, 3.05) is 4.31 Å². The van der Waals surface area contributed by atoms with E-state index in [0.717, 1.165) is 27.1 Å². The molecule has 3 aromatic carbocycles. The fraction of sp³-hybridized carbons (Fsp3) is 0.0909. The van der Waals surface area contributed by atoms with E-state index in [-0.39, 0.29) is 0 Å². The summed E-state index contributed by atoms with van der Waals surface area (Å²) in [6.07, 6.45) is 1.64. The molecular weight excluding hydrogens is 342 g/mol. The van der Waals surface area contributed by atoms with Gasteiger partial charge in [-0.1, -0.05) is 48.0 Å². The van der Waals surface area contributed by atoms with E-state index in [9.17, 15) is 4.21 Å². The molecule has 0 aliphatic rings. The van der Waals surface area contributed by atoms with Crippen molar-refractivity contribution >= 4 is 27.4 Å². The van der Waals surface area contributed by atoms with E-state index >= 15 is 0 Å². The lowest BCUT2D eigenvalue weighted by Gasteiger charge is -2.23. The number of benzene rings is 3. The average molecular weight is 361 g/mol. The third kappa shape index (κ3) is 3.41. The number of anilines is 1. The second-order valence-electron chi connectivity index (χ2n) is 6.21. The van der Waals surface area contributed by atoms with Gasteiger partial charge in [-0.25, -0.2) is 4.21 Å². The Hall–Kier alpha value is -2.85. The summed E-state index contributed by atoms with van der Waals surface area (Å²) in [6.45, 7) is 2.48. The molecule has 0 bridgehead atoms. The van der Waals surface area contributed by atoms with Crippen molar-refractivity contribution in [1.29, 1.82) is 0 Å². The summed E-state index contributed by atoms with van der Waals surface area (Å²) >= 11 is 0. The normalized spacial score (nSPS) is 12.2. The van der Waals surface area contributed by atoms with Crippen molar-refractivity contribution in [2.24, 2.45) is 0 Å². The fourth-order valence-corrected chi connectivity index (χ4v) is 4.13. The van der Waals surface area contributed by atoms with Crippen molar-refractivity contribution in [3.8, 4) is 0 Å². The van der Waals surface area contributed by atoms with Crippen LogP contribution in [0.15, 0.2) is 94.4 Å². The first-order chi connectivity index (χ1) is 12.7. The number of furan rings is 1. The minimum Gasteiger partial charge on any atom is -0.467 e. The predicted molar refractivity (Wildman–Crippen MR) is 106 cm³/mol. The van der Waals surface area contributed by atoms with Crippen LogP contribution in [0.25, 0.3) is 10.8 Å². The molecule has 4 aromatic rings. The van der Waals surface area contributed by atoms with E-state index < -0.39 is 11.0 Å². The molecule has 0 saturated carbocycles. The van der Waals surface area contributed by atoms with Crippen LogP contribution in [0.4, 0.5) is 5.69 Å². The Kier molecular flexibility index (Phi) is 4.59. The molecule has 1 heterocycles. The molecule has 0 spiro atoms. The minimum atomic E-state index is -1.35. The largest absolute Gasteiger partial charge is 0.467 e. The van der Waals surface area contributed by atoms with Crippen LogP contribution in [0, 0.1) is 6.92 Å². The van der Waals surface area contributed by atoms with Crippen molar-refractivity contribution in [2.45, 2.75) is 18.4 Å². The molecule has 0 amide bonds. The van der Waals surface area contributed by atoms with Crippen LogP contribution in [0.5, 0.6) is 0 Å². The van der Waals surface area contributed by atoms with Gasteiger partial charge in [-0.05, 0) is 54.1 Å². The summed E-state index contributed by atoms with van der Waals surface area (Å²) in [7, 11) is -1.35. The first-order valence-corrected chi connectivity index (χ1v) is 9.59. The molecule has 0 N–H and O–H groups in total. The smallest absolute Gasteiger partial charge is 0.153 e. The van der Waals surface area contributed by atoms with Gasteiger partial charge in [0.2, 0.25) is 0 Å². The number of hydrogen-bond donors (Lipinski definition) is 0. The van der Waals surface area contributed by atoms with E-state index in [2.05, 4.69) is 6.07 Å². The molecule has 0 aliphatic carbocycles. The zero-order valence-corrected chi connectivity index (χ0v) is 15.3. The van der Waals surface area contributed by atoms with E-state index in [1.807, 2.05) is 84.0 Å². The standard InChI is InChI=1S/C22H19NO2S/c1-17-8-11-20(12-9-17)23(16-21-7-4-14-25-21)26(24)22-13-10-18-5-2-3-6-19(18)15-22/h2-15H,16H2,1H3/t26-/m0/s1. The Bertz CT molecular complexity index is 1040. The molecule has 1 aromatic heterocycles. The molecule has 0 aliphatic heterocycles. The van der Waals surface area contributed by atoms with E-state index in [4.69, 9.17) is 4.42 Å². The Morgan fingerprint density at radius 2 is 1.65 bits per heavy atom. The fourth-order valence-electron chi connectivity index (χ4n) is 2.90. The van der Waals surface area contributed by atoms with Gasteiger partial charge in [-0.3, -0.25) is 4.31 Å². The number of rotatable bonds is 5. The molecule has 130 valence electrons. The van der Waals surface area contributed by atoms with Gasteiger partial charge in [0, 0.05) is 0 Å². The minimum absolute atomic E-state index is 0.440. The Morgan fingerprint density at radius 3 is 2.38 bits per heavy atom. The molecule has 0 fully saturated rings. The summed E-state index contributed by atoms with van der Waals surface area (Å²) in [6, 6.07) is 25.9. The molecule has 26 heavy (non-hydrogen) atoms. The van der Waals surface area contributed by atoms with Crippen molar-refractivity contribution < 1.29 is 8.63 Å². The maximum absolute atomic E-state index is 13.4. The van der Waals surface area contributed by atoms with Gasteiger partial charge in [0.25, 0.3) is 0 Å². The summed E-state index contributed by atoms with van der Waals surface area (Å²) in [4.78, 5) is 0.774. The monoisotopic (exact) mass is 361 g/mol. The molecule has 0 saturated heterocycles. The molecular formula is C22H19NO2S. The average Bonchev–Trinajstić information content (AvgIpc) is 3.19. The van der Waals surface area contributed by atoms with Crippen LogP contribution in [0.1, 0.15) is 11.3 Å². The summed E-state index contributed by atoms with van der Waals surface area (Å²) in [5.41, 5.74) is 2.07. The van der Waals surface area contributed by atoms with Gasteiger partial charge in [0.1, 0.15) is 5.76 Å². The number of fused-ring (bicyclic) bond motifs is 1. The number of nitrogens with zero attached hydrogens (tertiary/aromatic N) is 1. The van der Waals surface area contributed by atoms with Gasteiger partial charge in [-0.15, -0.1) is 0 Å². The first-order valence-electron chi connectivity index (χ1n) is 8.48. The van der Waals surface area contributed by atoms with Crippen LogP contribution in [0.3, 0.4) is 0 Å². The summed E-state index contributed by atoms with van der Waals surface area (Å²) in [5, 5.41) is 2.22. The predicted octanol–water partition coefficient (Wildman–Crippen LogP) is 5.47. The topological polar surface area (TPSA) is 33.5 Å². The lowest BCUT2D eigenvalue weighted by atomic mass is 10.1. The molecule has 1 atom stereocenters. The highest BCUT2D eigenvalue weighted by Gasteiger charge is 2.18. The maximum Gasteiger partial charge on any atom is 0.153 e. The summed E-state index contributed by atoms with van der Waals surface area (Å²) in [5.74, 6) is 0.778. The second kappa shape index (κ2) is 7.18. The zero-order valence-electron chi connectivity index (χ0n) is 14.5. The Morgan fingerprint density at radius 1 is 0.885 bits per heavy atom. The Balaban J connectivity index is 1.73. The molecule has 0 radical (unpaired) electrons. The van der Waals surface area contributed by atoms with Crippen molar-refractivity contribution in [3.63, 3.8) is 0 Å². The van der Waals surface area contributed by atoms with Crippen LogP contribution in [0.2, 0.25) is 0 Å². The SMILES string of the molecule is Cc1ccc(N(Cc2ccco2)[S@@](=O)c2ccc3ccccc3c2)cc1. The van der Waals surface area contributed by atoms with Crippen molar-refractivity contribution in [3.05, 3.63) is 96.4 Å². The van der Waals surface area contributed by atoms with Crippen LogP contribution < -0.4 is 4.31 Å². The lowest BCUT2D eigenvalue weighted by Crippen LogP contribution is -2.25. The van der Waals surface area contributed by atoms with Gasteiger partial charge in [0.15, 0.2) is 11.0 Å². The quantitative estimate of drug-likeness (QED) is 0.472. The molecule has 4 heteroatoms. The van der Waals surface area contributed by atoms with Crippen LogP contribution >= 0.6 is 0 Å². The maximum atomic E-state index is 13.4. The Labute approximate surface area is 155 Å². The highest BCUT2D eigenvalue weighted by Crippen LogP contribution is 2.26. The van der Waals surface area contributed by atoms with Gasteiger partial charge >= 0.3 is 0 Å². The van der Waals surface area contributed by atoms with Gasteiger partial charge < -0.3 is 4.42 Å². The van der Waals surface area contributed by atoms with E-state index in [0.29, 0.717) is 6.54 Å². The van der Waals surface area contributed by atoms with Gasteiger partial charge in [-0.2, -0.15) is 0 Å². The summed E-state index contributed by atoms with van der Waals surface area (Å²) < 4.78 is 20.7. The molecule has 0 unspecified atom stereocenters. The third-order valence-electron chi connectivity index (χ3n) is 4.32. The second-order valence-corrected chi connectivity index (χ2v) is 7.62. The molecule has 3 nitrogen and oxygen atoms in total. The van der Waals surface area contributed by atoms with Crippen LogP contribution in [-0.4, -0.2) is 4.21 Å². The number of aryl methyl sites for hydroxylation is 1. The third-order valence-corrected chi connectivity index (χ3v) is 5.72. The highest BCUT2D eigenvalue weighted by molar-refractivity contribution is 7.86. The van der Waals surface area contributed by atoms with Crippen molar-refractivity contribution in [1.82, 2.24) is 0 Å². The highest BCUT2D eigenvalue weighted by atomic mass is 32.2. The van der Waals surface area contributed by atoms with E-state index in [1.54, 1.807) is 6.26 Å².